The van der Waals surface area contributed by atoms with Crippen molar-refractivity contribution in [2.45, 2.75) is 39.3 Å². The summed E-state index contributed by atoms with van der Waals surface area (Å²) in [6.07, 6.45) is 0.829. The van der Waals surface area contributed by atoms with Crippen LogP contribution in [0.1, 0.15) is 27.2 Å². The second-order valence-corrected chi connectivity index (χ2v) is 4.18. The first kappa shape index (κ1) is 13.0. The molecular formula is C8H18NO3S-. The van der Waals surface area contributed by atoms with Gasteiger partial charge in [-0.1, -0.05) is 13.8 Å². The molecule has 0 aliphatic rings. The van der Waals surface area contributed by atoms with Crippen molar-refractivity contribution in [3.8, 4) is 0 Å². The number of rotatable bonds is 7. The van der Waals surface area contributed by atoms with Gasteiger partial charge in [-0.3, -0.25) is 4.21 Å². The third-order valence-corrected chi connectivity index (χ3v) is 1.85. The van der Waals surface area contributed by atoms with Gasteiger partial charge in [-0.05, 0) is 24.4 Å². The van der Waals surface area contributed by atoms with Gasteiger partial charge in [0.1, 0.15) is 5.94 Å². The largest absolute Gasteiger partial charge is 0.771 e. The lowest BCUT2D eigenvalue weighted by molar-refractivity contribution is 0.162. The zero-order valence-electron chi connectivity index (χ0n) is 8.41. The van der Waals surface area contributed by atoms with Crippen molar-refractivity contribution in [2.75, 3.05) is 12.5 Å². The summed E-state index contributed by atoms with van der Waals surface area (Å²) >= 11 is -2.08. The third kappa shape index (κ3) is 9.95. The minimum atomic E-state index is -2.08. The van der Waals surface area contributed by atoms with Crippen molar-refractivity contribution in [2.24, 2.45) is 0 Å². The van der Waals surface area contributed by atoms with E-state index in [2.05, 4.69) is 26.1 Å². The Balaban J connectivity index is 3.26. The fourth-order valence-electron chi connectivity index (χ4n) is 1.04. The lowest BCUT2D eigenvalue weighted by Gasteiger charge is -2.16. The van der Waals surface area contributed by atoms with Crippen molar-refractivity contribution in [3.05, 3.63) is 0 Å². The number of ether oxygens (including phenoxy) is 1. The van der Waals surface area contributed by atoms with E-state index >= 15 is 0 Å². The molecule has 0 rings (SSSR count). The van der Waals surface area contributed by atoms with E-state index in [4.69, 9.17) is 4.74 Å². The van der Waals surface area contributed by atoms with Gasteiger partial charge < -0.3 is 14.6 Å². The van der Waals surface area contributed by atoms with Crippen LogP contribution in [-0.4, -0.2) is 33.4 Å². The van der Waals surface area contributed by atoms with Gasteiger partial charge in [-0.2, -0.15) is 0 Å². The molecule has 80 valence electrons. The minimum Gasteiger partial charge on any atom is -0.771 e. The topological polar surface area (TPSA) is 61.4 Å². The standard InChI is InChI=1S/C8H19NO3S/c1-7(2)9-8(3)4-5-12-6-13(10)11/h7-9H,4-6H2,1-3H3,(H,10,11)/p-1. The van der Waals surface area contributed by atoms with Crippen LogP contribution >= 0.6 is 0 Å². The van der Waals surface area contributed by atoms with E-state index in [-0.39, 0.29) is 5.94 Å². The zero-order valence-corrected chi connectivity index (χ0v) is 9.23. The number of nitrogens with one attached hydrogen (secondary N) is 1. The summed E-state index contributed by atoms with van der Waals surface area (Å²) in [5.41, 5.74) is 0. The van der Waals surface area contributed by atoms with Crippen LogP contribution in [0.15, 0.2) is 0 Å². The Kier molecular flexibility index (Phi) is 7.45. The maximum Gasteiger partial charge on any atom is 0.108 e. The molecule has 5 heteroatoms. The molecule has 1 N–H and O–H groups in total. The Morgan fingerprint density at radius 3 is 2.54 bits per heavy atom. The van der Waals surface area contributed by atoms with Crippen molar-refractivity contribution in [1.29, 1.82) is 0 Å². The first-order chi connectivity index (χ1) is 6.02. The Morgan fingerprint density at radius 1 is 1.46 bits per heavy atom. The second-order valence-electron chi connectivity index (χ2n) is 3.34. The van der Waals surface area contributed by atoms with Crippen LogP contribution in [0.5, 0.6) is 0 Å². The van der Waals surface area contributed by atoms with Crippen LogP contribution in [0.2, 0.25) is 0 Å². The summed E-state index contributed by atoms with van der Waals surface area (Å²) in [5.74, 6) is -0.200. The van der Waals surface area contributed by atoms with Crippen LogP contribution in [0, 0.1) is 0 Å². The molecule has 13 heavy (non-hydrogen) atoms. The molecule has 0 aromatic heterocycles. The Morgan fingerprint density at radius 2 is 2.08 bits per heavy atom. The van der Waals surface area contributed by atoms with Crippen LogP contribution in [0.25, 0.3) is 0 Å². The Hall–Kier alpha value is 0.0300. The van der Waals surface area contributed by atoms with E-state index < -0.39 is 11.1 Å². The highest BCUT2D eigenvalue weighted by atomic mass is 32.2. The monoisotopic (exact) mass is 208 g/mol. The molecule has 0 amide bonds. The quantitative estimate of drug-likeness (QED) is 0.492. The molecule has 2 unspecified atom stereocenters. The molecule has 0 aliphatic heterocycles. The average Bonchev–Trinajstić information content (AvgIpc) is 1.96. The zero-order chi connectivity index (χ0) is 10.3. The molecule has 0 spiro atoms. The van der Waals surface area contributed by atoms with Gasteiger partial charge in [0.15, 0.2) is 0 Å². The highest BCUT2D eigenvalue weighted by Gasteiger charge is 2.02. The maximum atomic E-state index is 10.1. The maximum absolute atomic E-state index is 10.1. The summed E-state index contributed by atoms with van der Waals surface area (Å²) in [7, 11) is 0. The van der Waals surface area contributed by atoms with Crippen LogP contribution in [0.4, 0.5) is 0 Å². The van der Waals surface area contributed by atoms with Gasteiger partial charge in [0.2, 0.25) is 0 Å². The number of hydrogen-bond acceptors (Lipinski definition) is 4. The SMILES string of the molecule is CC(C)NC(C)CCOCS(=O)[O-]. The molecule has 0 saturated heterocycles. The summed E-state index contributed by atoms with van der Waals surface area (Å²) in [6, 6.07) is 0.809. The molecule has 0 radical (unpaired) electrons. The summed E-state index contributed by atoms with van der Waals surface area (Å²) in [4.78, 5) is 0. The highest BCUT2D eigenvalue weighted by molar-refractivity contribution is 7.78. The van der Waals surface area contributed by atoms with E-state index in [1.807, 2.05) is 0 Å². The van der Waals surface area contributed by atoms with Crippen molar-refractivity contribution in [3.63, 3.8) is 0 Å². The summed E-state index contributed by atoms with van der Waals surface area (Å²) in [6.45, 7) is 6.68. The highest BCUT2D eigenvalue weighted by Crippen LogP contribution is 1.94. The lowest BCUT2D eigenvalue weighted by atomic mass is 10.2. The van der Waals surface area contributed by atoms with E-state index in [1.54, 1.807) is 0 Å². The van der Waals surface area contributed by atoms with Gasteiger partial charge >= 0.3 is 0 Å². The van der Waals surface area contributed by atoms with Gasteiger partial charge in [-0.25, -0.2) is 0 Å². The predicted molar refractivity (Wildman–Crippen MR) is 52.1 cm³/mol. The van der Waals surface area contributed by atoms with E-state index in [9.17, 15) is 8.76 Å². The fraction of sp³-hybridized carbons (Fsp3) is 1.00. The van der Waals surface area contributed by atoms with E-state index in [0.717, 1.165) is 6.42 Å². The first-order valence-electron chi connectivity index (χ1n) is 4.42. The van der Waals surface area contributed by atoms with E-state index in [0.29, 0.717) is 18.7 Å². The van der Waals surface area contributed by atoms with Gasteiger partial charge in [-0.15, -0.1) is 0 Å². The molecular weight excluding hydrogens is 190 g/mol. The van der Waals surface area contributed by atoms with Crippen molar-refractivity contribution < 1.29 is 13.5 Å². The van der Waals surface area contributed by atoms with Gasteiger partial charge in [0.05, 0.1) is 0 Å². The molecule has 0 saturated carbocycles. The predicted octanol–water partition coefficient (Wildman–Crippen LogP) is 0.616. The van der Waals surface area contributed by atoms with E-state index in [1.165, 1.54) is 0 Å². The molecule has 2 atom stereocenters. The first-order valence-corrected chi connectivity index (χ1v) is 5.66. The molecule has 0 aliphatic carbocycles. The van der Waals surface area contributed by atoms with Crippen molar-refractivity contribution in [1.82, 2.24) is 5.32 Å². The summed E-state index contributed by atoms with van der Waals surface area (Å²) < 4.78 is 25.1. The fourth-order valence-corrected chi connectivity index (χ4v) is 1.29. The molecule has 0 aromatic rings. The van der Waals surface area contributed by atoms with Crippen LogP contribution in [0.3, 0.4) is 0 Å². The van der Waals surface area contributed by atoms with Crippen LogP contribution in [-0.2, 0) is 15.8 Å². The molecule has 4 nitrogen and oxygen atoms in total. The van der Waals surface area contributed by atoms with Gasteiger partial charge in [0.25, 0.3) is 0 Å². The number of hydrogen-bond donors (Lipinski definition) is 1. The molecule has 0 aromatic carbocycles. The second kappa shape index (κ2) is 7.44. The minimum absolute atomic E-state index is 0.200. The molecule has 0 fully saturated rings. The third-order valence-electron chi connectivity index (χ3n) is 1.49. The van der Waals surface area contributed by atoms with Gasteiger partial charge in [0, 0.05) is 18.7 Å². The normalized spacial score (nSPS) is 16.1. The molecule has 0 bridgehead atoms. The van der Waals surface area contributed by atoms with Crippen molar-refractivity contribution >= 4 is 11.1 Å². The smallest absolute Gasteiger partial charge is 0.108 e. The average molecular weight is 208 g/mol. The van der Waals surface area contributed by atoms with Crippen LogP contribution < -0.4 is 5.32 Å². The Bertz CT molecular complexity index is 152. The molecule has 0 heterocycles. The Labute approximate surface area is 82.3 Å². The summed E-state index contributed by atoms with van der Waals surface area (Å²) in [5, 5.41) is 3.30. The lowest BCUT2D eigenvalue weighted by Crippen LogP contribution is -2.33.